The van der Waals surface area contributed by atoms with E-state index in [1.807, 2.05) is 0 Å². The average molecular weight is 590 g/mol. The lowest BCUT2D eigenvalue weighted by atomic mass is 9.96. The van der Waals surface area contributed by atoms with Gasteiger partial charge in [0.1, 0.15) is 0 Å². The van der Waals surface area contributed by atoms with E-state index >= 15 is 0 Å². The summed E-state index contributed by atoms with van der Waals surface area (Å²) < 4.78 is 198. The summed E-state index contributed by atoms with van der Waals surface area (Å²) in [6, 6.07) is 0. The lowest BCUT2D eigenvalue weighted by molar-refractivity contribution is -0.481. The first-order valence-corrected chi connectivity index (χ1v) is 10.9. The van der Waals surface area contributed by atoms with Gasteiger partial charge in [-0.15, -0.1) is 0 Å². The fourth-order valence-corrected chi connectivity index (χ4v) is 3.77. The highest BCUT2D eigenvalue weighted by Gasteiger charge is 2.90. The fourth-order valence-electron chi connectivity index (χ4n) is 3.77. The average Bonchev–Trinajstić information content (AvgIpc) is 2.82. The first kappa shape index (κ1) is 32.1. The molecule has 0 N–H and O–H groups in total. The molecule has 2 saturated heterocycles. The van der Waals surface area contributed by atoms with Gasteiger partial charge in [0.15, 0.2) is 0 Å². The van der Waals surface area contributed by atoms with Crippen molar-refractivity contribution in [1.29, 1.82) is 0 Å². The first-order valence-electron chi connectivity index (χ1n) is 10.9. The number of carbonyl (C=O) groups excluding carboxylic acids is 2. The quantitative estimate of drug-likeness (QED) is 0.357. The van der Waals surface area contributed by atoms with Gasteiger partial charge in [0, 0.05) is 26.2 Å². The molecule has 0 saturated carbocycles. The Hall–Kier alpha value is -2.08. The highest BCUT2D eigenvalue weighted by Crippen LogP contribution is 2.59. The molecule has 2 rings (SSSR count). The number of alkyl halides is 14. The van der Waals surface area contributed by atoms with Crippen LogP contribution in [0.15, 0.2) is 0 Å². The maximum Gasteiger partial charge on any atom is 0.458 e. The molecule has 0 bridgehead atoms. The van der Waals surface area contributed by atoms with Crippen molar-refractivity contribution in [3.63, 3.8) is 0 Å². The minimum atomic E-state index is -8.03. The number of hydrogen-bond donors (Lipinski definition) is 0. The number of rotatable bonds is 8. The van der Waals surface area contributed by atoms with Gasteiger partial charge >= 0.3 is 41.8 Å². The summed E-state index contributed by atoms with van der Waals surface area (Å²) in [5, 5.41) is 0. The monoisotopic (exact) mass is 590 g/mol. The Labute approximate surface area is 205 Å². The highest BCUT2D eigenvalue weighted by atomic mass is 19.4. The predicted octanol–water partition coefficient (Wildman–Crippen LogP) is 5.39. The number of hydrogen-bond acceptors (Lipinski definition) is 3. The molecule has 19 heteroatoms. The van der Waals surface area contributed by atoms with Crippen LogP contribution in [0.3, 0.4) is 0 Å². The van der Waals surface area contributed by atoms with Crippen molar-refractivity contribution in [3.05, 3.63) is 0 Å². The summed E-state index contributed by atoms with van der Waals surface area (Å²) in [7, 11) is 0. The Morgan fingerprint density at radius 2 is 0.868 bits per heavy atom. The second-order valence-electron chi connectivity index (χ2n) is 8.72. The molecular formula is C19H20F14N2O3. The summed E-state index contributed by atoms with van der Waals surface area (Å²) in [5.41, 5.74) is 0. The second-order valence-corrected chi connectivity index (χ2v) is 8.72. The maximum absolute atomic E-state index is 14.6. The van der Waals surface area contributed by atoms with E-state index in [1.54, 1.807) is 0 Å². The standard InChI is InChI=1S/C19H20F14N2O3/c20-13(21,11(36)34-7-3-1-4-8-34)15(23,24)16(25,26)17(27,28)19(32,33)38-14(22,18(29,30)31)12(37)35-9-5-2-6-10-35/h1-10H2. The number of piperidine rings is 2. The zero-order valence-electron chi connectivity index (χ0n) is 19.0. The van der Waals surface area contributed by atoms with Crippen LogP contribution in [-0.4, -0.2) is 89.6 Å². The number of amides is 2. The Balaban J connectivity index is 2.47. The minimum absolute atomic E-state index is 0.0904. The predicted molar refractivity (Wildman–Crippen MR) is 96.6 cm³/mol. The molecule has 38 heavy (non-hydrogen) atoms. The van der Waals surface area contributed by atoms with Crippen molar-refractivity contribution in [1.82, 2.24) is 9.80 Å². The molecule has 2 heterocycles. The zero-order chi connectivity index (χ0) is 29.6. The summed E-state index contributed by atoms with van der Waals surface area (Å²) in [6.07, 6.45) is -14.5. The molecule has 0 aromatic heterocycles. The van der Waals surface area contributed by atoms with Crippen LogP contribution in [0.1, 0.15) is 38.5 Å². The molecule has 2 aliphatic rings. The van der Waals surface area contributed by atoms with Gasteiger partial charge in [-0.05, 0) is 38.5 Å². The Kier molecular flexibility index (Phi) is 8.58. The Morgan fingerprint density at radius 1 is 0.500 bits per heavy atom. The van der Waals surface area contributed by atoms with Crippen molar-refractivity contribution in [2.75, 3.05) is 26.2 Å². The van der Waals surface area contributed by atoms with Crippen molar-refractivity contribution >= 4 is 11.8 Å². The lowest BCUT2D eigenvalue weighted by Crippen LogP contribution is -2.72. The summed E-state index contributed by atoms with van der Waals surface area (Å²) in [6.45, 7) is -2.88. The normalized spacial score (nSPS) is 20.8. The van der Waals surface area contributed by atoms with Crippen LogP contribution < -0.4 is 0 Å². The SMILES string of the molecule is O=C(N1CCCCC1)C(F)(F)C(F)(F)C(F)(F)C(F)(F)C(F)(F)OC(F)(C(=O)N1CCCCC1)C(F)(F)F. The summed E-state index contributed by atoms with van der Waals surface area (Å²) >= 11 is 0. The minimum Gasteiger partial charge on any atom is -0.337 e. The van der Waals surface area contributed by atoms with E-state index in [2.05, 4.69) is 4.74 Å². The van der Waals surface area contributed by atoms with E-state index < -0.39 is 79.8 Å². The second kappa shape index (κ2) is 10.1. The highest BCUT2D eigenvalue weighted by molar-refractivity contribution is 5.85. The van der Waals surface area contributed by atoms with Crippen LogP contribution >= 0.6 is 0 Å². The van der Waals surface area contributed by atoms with Crippen molar-refractivity contribution < 1.29 is 75.8 Å². The van der Waals surface area contributed by atoms with E-state index in [1.165, 1.54) is 0 Å². The smallest absolute Gasteiger partial charge is 0.337 e. The van der Waals surface area contributed by atoms with Gasteiger partial charge in [-0.1, -0.05) is 0 Å². The van der Waals surface area contributed by atoms with Gasteiger partial charge in [0.25, 0.3) is 11.8 Å². The number of likely N-dealkylation sites (tertiary alicyclic amines) is 2. The number of halogens is 14. The summed E-state index contributed by atoms with van der Waals surface area (Å²) in [4.78, 5) is 23.5. The zero-order valence-corrected chi connectivity index (χ0v) is 19.0. The molecule has 0 aliphatic carbocycles. The molecular weight excluding hydrogens is 570 g/mol. The Morgan fingerprint density at radius 3 is 1.24 bits per heavy atom. The third-order valence-electron chi connectivity index (χ3n) is 6.01. The molecule has 2 aliphatic heterocycles. The maximum atomic E-state index is 14.6. The van der Waals surface area contributed by atoms with Crippen molar-refractivity contribution in [2.24, 2.45) is 0 Å². The van der Waals surface area contributed by atoms with Crippen LogP contribution in [0.4, 0.5) is 61.5 Å². The third kappa shape index (κ3) is 5.10. The molecule has 2 amide bonds. The van der Waals surface area contributed by atoms with E-state index in [0.717, 1.165) is 0 Å². The number of ether oxygens (including phenoxy) is 1. The van der Waals surface area contributed by atoms with Gasteiger partial charge < -0.3 is 9.80 Å². The van der Waals surface area contributed by atoms with Gasteiger partial charge in [-0.3, -0.25) is 14.3 Å². The molecule has 0 radical (unpaired) electrons. The topological polar surface area (TPSA) is 49.9 Å². The van der Waals surface area contributed by atoms with Crippen LogP contribution in [0, 0.1) is 0 Å². The van der Waals surface area contributed by atoms with Crippen LogP contribution in [-0.2, 0) is 14.3 Å². The number of carbonyl (C=O) groups is 2. The van der Waals surface area contributed by atoms with Gasteiger partial charge in [-0.2, -0.15) is 61.5 Å². The van der Waals surface area contributed by atoms with Gasteiger partial charge in [-0.25, -0.2) is 0 Å². The Bertz CT molecular complexity index is 882. The van der Waals surface area contributed by atoms with Crippen molar-refractivity contribution in [2.45, 2.75) is 80.4 Å². The van der Waals surface area contributed by atoms with Crippen LogP contribution in [0.25, 0.3) is 0 Å². The summed E-state index contributed by atoms with van der Waals surface area (Å²) in [5.74, 6) is -43.2. The van der Waals surface area contributed by atoms with Gasteiger partial charge in [0.05, 0.1) is 0 Å². The lowest BCUT2D eigenvalue weighted by Gasteiger charge is -2.42. The largest absolute Gasteiger partial charge is 0.458 e. The molecule has 5 nitrogen and oxygen atoms in total. The fraction of sp³-hybridized carbons (Fsp3) is 0.895. The van der Waals surface area contributed by atoms with E-state index in [0.29, 0.717) is 0 Å². The molecule has 1 unspecified atom stereocenters. The van der Waals surface area contributed by atoms with E-state index in [-0.39, 0.29) is 48.3 Å². The van der Waals surface area contributed by atoms with E-state index in [9.17, 15) is 71.1 Å². The third-order valence-corrected chi connectivity index (χ3v) is 6.01. The molecule has 0 aromatic carbocycles. The molecule has 222 valence electrons. The molecule has 1 atom stereocenters. The molecule has 2 fully saturated rings. The first-order chi connectivity index (χ1) is 17.0. The molecule has 0 aromatic rings. The van der Waals surface area contributed by atoms with Crippen LogP contribution in [0.2, 0.25) is 0 Å². The van der Waals surface area contributed by atoms with Crippen LogP contribution in [0.5, 0.6) is 0 Å². The number of nitrogens with zero attached hydrogens (tertiary/aromatic N) is 2. The van der Waals surface area contributed by atoms with Crippen molar-refractivity contribution in [3.8, 4) is 0 Å². The van der Waals surface area contributed by atoms with E-state index in [4.69, 9.17) is 0 Å². The molecule has 0 spiro atoms. The van der Waals surface area contributed by atoms with Gasteiger partial charge in [0.2, 0.25) is 0 Å².